The summed E-state index contributed by atoms with van der Waals surface area (Å²) in [6.45, 7) is 1.93. The van der Waals surface area contributed by atoms with Gasteiger partial charge in [0.25, 0.3) is 0 Å². The van der Waals surface area contributed by atoms with E-state index in [1.54, 1.807) is 25.3 Å². The molecule has 0 unspecified atom stereocenters. The number of hydrogen-bond donors (Lipinski definition) is 2. The number of anilines is 1. The molecule has 0 fully saturated rings. The molecule has 0 atom stereocenters. The van der Waals surface area contributed by atoms with Crippen molar-refractivity contribution in [1.29, 1.82) is 0 Å². The summed E-state index contributed by atoms with van der Waals surface area (Å²) in [5, 5.41) is 7.88. The maximum absolute atomic E-state index is 12.1. The van der Waals surface area contributed by atoms with E-state index in [2.05, 4.69) is 5.32 Å². The first-order valence-corrected chi connectivity index (χ1v) is 8.90. The van der Waals surface area contributed by atoms with Crippen LogP contribution >= 0.6 is 0 Å². The number of rotatable bonds is 6. The molecule has 1 amide bonds. The highest BCUT2D eigenvalue weighted by Gasteiger charge is 2.10. The van der Waals surface area contributed by atoms with Gasteiger partial charge < -0.3 is 10.1 Å². The first-order chi connectivity index (χ1) is 11.3. The molecule has 0 aliphatic carbocycles. The Balaban J connectivity index is 1.97. The normalized spacial score (nSPS) is 11.1. The lowest BCUT2D eigenvalue weighted by molar-refractivity contribution is -0.116. The molecule has 128 valence electrons. The van der Waals surface area contributed by atoms with Gasteiger partial charge in [0.05, 0.1) is 17.7 Å². The number of aryl methyl sites for hydroxylation is 2. The third-order valence-electron chi connectivity index (χ3n) is 3.52. The van der Waals surface area contributed by atoms with Crippen LogP contribution in [-0.2, 0) is 21.2 Å². The highest BCUT2D eigenvalue weighted by atomic mass is 32.2. The van der Waals surface area contributed by atoms with Gasteiger partial charge >= 0.3 is 0 Å². The van der Waals surface area contributed by atoms with Crippen molar-refractivity contribution in [3.63, 3.8) is 0 Å². The summed E-state index contributed by atoms with van der Waals surface area (Å²) in [4.78, 5) is 12.2. The number of carbonyl (C=O) groups is 1. The average molecular weight is 348 g/mol. The Labute approximate surface area is 141 Å². The van der Waals surface area contributed by atoms with E-state index in [0.717, 1.165) is 11.1 Å². The van der Waals surface area contributed by atoms with Crippen LogP contribution in [0.3, 0.4) is 0 Å². The molecule has 0 aliphatic heterocycles. The Morgan fingerprint density at radius 1 is 1.17 bits per heavy atom. The van der Waals surface area contributed by atoms with E-state index in [4.69, 9.17) is 9.88 Å². The zero-order chi connectivity index (χ0) is 17.7. The molecule has 0 saturated heterocycles. The number of hydrogen-bond acceptors (Lipinski definition) is 4. The molecule has 2 rings (SSSR count). The Morgan fingerprint density at radius 2 is 1.83 bits per heavy atom. The zero-order valence-electron chi connectivity index (χ0n) is 13.6. The quantitative estimate of drug-likeness (QED) is 0.836. The zero-order valence-corrected chi connectivity index (χ0v) is 14.4. The number of carbonyl (C=O) groups excluding carboxylic acids is 1. The molecule has 0 heterocycles. The highest BCUT2D eigenvalue weighted by Crippen LogP contribution is 2.25. The third-order valence-corrected chi connectivity index (χ3v) is 4.45. The number of primary sulfonamides is 1. The minimum Gasteiger partial charge on any atom is -0.495 e. The van der Waals surface area contributed by atoms with Gasteiger partial charge in [-0.2, -0.15) is 0 Å². The standard InChI is InChI=1S/C17H20N2O4S/c1-12-3-9-16(23-2)15(11-12)19-17(20)10-6-13-4-7-14(8-5-13)24(18,21)22/h3-5,7-9,11H,6,10H2,1-2H3,(H,19,20)(H2,18,21,22). The van der Waals surface area contributed by atoms with Crippen molar-refractivity contribution in [2.75, 3.05) is 12.4 Å². The number of amides is 1. The van der Waals surface area contributed by atoms with Crippen LogP contribution in [0.4, 0.5) is 5.69 Å². The van der Waals surface area contributed by atoms with Gasteiger partial charge in [-0.05, 0) is 48.7 Å². The summed E-state index contributed by atoms with van der Waals surface area (Å²) < 4.78 is 27.6. The van der Waals surface area contributed by atoms with Crippen LogP contribution in [0.15, 0.2) is 47.4 Å². The van der Waals surface area contributed by atoms with Crippen molar-refractivity contribution in [1.82, 2.24) is 0 Å². The second kappa shape index (κ2) is 7.46. The largest absolute Gasteiger partial charge is 0.495 e. The predicted molar refractivity (Wildman–Crippen MR) is 92.5 cm³/mol. The number of nitrogens with one attached hydrogen (secondary N) is 1. The lowest BCUT2D eigenvalue weighted by Gasteiger charge is -2.11. The number of methoxy groups -OCH3 is 1. The average Bonchev–Trinajstić information content (AvgIpc) is 2.53. The molecule has 0 aromatic heterocycles. The predicted octanol–water partition coefficient (Wildman–Crippen LogP) is 2.22. The number of nitrogens with two attached hydrogens (primary N) is 1. The molecule has 3 N–H and O–H groups in total. The molecule has 2 aromatic carbocycles. The first-order valence-electron chi connectivity index (χ1n) is 7.36. The summed E-state index contributed by atoms with van der Waals surface area (Å²) in [6, 6.07) is 11.7. The van der Waals surface area contributed by atoms with Crippen LogP contribution in [0.1, 0.15) is 17.5 Å². The second-order valence-corrected chi connectivity index (χ2v) is 7.00. The van der Waals surface area contributed by atoms with Gasteiger partial charge in [0.2, 0.25) is 15.9 Å². The molecule has 0 bridgehead atoms. The molecule has 2 aromatic rings. The lowest BCUT2D eigenvalue weighted by Crippen LogP contribution is -2.14. The summed E-state index contributed by atoms with van der Waals surface area (Å²) in [6.07, 6.45) is 0.761. The van der Waals surface area contributed by atoms with Crippen LogP contribution in [0.2, 0.25) is 0 Å². The van der Waals surface area contributed by atoms with Crippen molar-refractivity contribution in [3.05, 3.63) is 53.6 Å². The van der Waals surface area contributed by atoms with Crippen LogP contribution in [0.5, 0.6) is 5.75 Å². The van der Waals surface area contributed by atoms with Crippen LogP contribution in [-0.4, -0.2) is 21.4 Å². The summed E-state index contributed by atoms with van der Waals surface area (Å²) in [5.41, 5.74) is 2.51. The minimum atomic E-state index is -3.70. The molecule has 0 radical (unpaired) electrons. The Morgan fingerprint density at radius 3 is 2.42 bits per heavy atom. The van der Waals surface area contributed by atoms with E-state index in [1.807, 2.05) is 19.1 Å². The van der Waals surface area contributed by atoms with Crippen molar-refractivity contribution in [3.8, 4) is 5.75 Å². The van der Waals surface area contributed by atoms with Crippen molar-refractivity contribution >= 4 is 21.6 Å². The van der Waals surface area contributed by atoms with Gasteiger partial charge in [-0.15, -0.1) is 0 Å². The Hall–Kier alpha value is -2.38. The van der Waals surface area contributed by atoms with E-state index in [1.165, 1.54) is 12.1 Å². The van der Waals surface area contributed by atoms with Crippen molar-refractivity contribution < 1.29 is 17.9 Å². The van der Waals surface area contributed by atoms with Gasteiger partial charge in [0.1, 0.15) is 5.75 Å². The second-order valence-electron chi connectivity index (χ2n) is 5.44. The molecule has 6 nitrogen and oxygen atoms in total. The SMILES string of the molecule is COc1ccc(C)cc1NC(=O)CCc1ccc(S(N)(=O)=O)cc1. The van der Waals surface area contributed by atoms with Crippen LogP contribution < -0.4 is 15.2 Å². The summed E-state index contributed by atoms with van der Waals surface area (Å²) in [7, 11) is -2.15. The molecule has 0 spiro atoms. The van der Waals surface area contributed by atoms with E-state index < -0.39 is 10.0 Å². The third kappa shape index (κ3) is 4.81. The maximum atomic E-state index is 12.1. The molecule has 7 heteroatoms. The number of ether oxygens (including phenoxy) is 1. The topological polar surface area (TPSA) is 98.5 Å². The van der Waals surface area contributed by atoms with Gasteiger partial charge in [0.15, 0.2) is 0 Å². The highest BCUT2D eigenvalue weighted by molar-refractivity contribution is 7.89. The van der Waals surface area contributed by atoms with Crippen LogP contribution in [0.25, 0.3) is 0 Å². The van der Waals surface area contributed by atoms with E-state index in [-0.39, 0.29) is 17.2 Å². The van der Waals surface area contributed by atoms with Gasteiger partial charge in [0, 0.05) is 6.42 Å². The Bertz CT molecular complexity index is 830. The fourth-order valence-electron chi connectivity index (χ4n) is 2.24. The van der Waals surface area contributed by atoms with Gasteiger partial charge in [-0.1, -0.05) is 18.2 Å². The fraction of sp³-hybridized carbons (Fsp3) is 0.235. The number of benzene rings is 2. The van der Waals surface area contributed by atoms with Crippen molar-refractivity contribution in [2.45, 2.75) is 24.7 Å². The molecular weight excluding hydrogens is 328 g/mol. The number of sulfonamides is 1. The van der Waals surface area contributed by atoms with Gasteiger partial charge in [-0.25, -0.2) is 13.6 Å². The van der Waals surface area contributed by atoms with E-state index in [9.17, 15) is 13.2 Å². The summed E-state index contributed by atoms with van der Waals surface area (Å²) >= 11 is 0. The molecule has 0 saturated carbocycles. The Kier molecular flexibility index (Phi) is 5.58. The van der Waals surface area contributed by atoms with Crippen LogP contribution in [0, 0.1) is 6.92 Å². The van der Waals surface area contributed by atoms with E-state index in [0.29, 0.717) is 17.9 Å². The fourth-order valence-corrected chi connectivity index (χ4v) is 2.75. The maximum Gasteiger partial charge on any atom is 0.238 e. The molecular formula is C17H20N2O4S. The minimum absolute atomic E-state index is 0.0557. The molecule has 0 aliphatic rings. The van der Waals surface area contributed by atoms with Crippen molar-refractivity contribution in [2.24, 2.45) is 5.14 Å². The monoisotopic (exact) mass is 348 g/mol. The summed E-state index contributed by atoms with van der Waals surface area (Å²) in [5.74, 6) is 0.459. The first kappa shape index (κ1) is 18.0. The molecule has 24 heavy (non-hydrogen) atoms. The lowest BCUT2D eigenvalue weighted by atomic mass is 10.1. The smallest absolute Gasteiger partial charge is 0.238 e. The van der Waals surface area contributed by atoms with E-state index >= 15 is 0 Å². The van der Waals surface area contributed by atoms with Gasteiger partial charge in [-0.3, -0.25) is 4.79 Å².